The van der Waals surface area contributed by atoms with Crippen molar-refractivity contribution in [1.82, 2.24) is 19.9 Å². The largest absolute Gasteiger partial charge is 0.351 e. The van der Waals surface area contributed by atoms with Crippen molar-refractivity contribution >= 4 is 60.3 Å². The van der Waals surface area contributed by atoms with Gasteiger partial charge in [0, 0.05) is 23.8 Å². The van der Waals surface area contributed by atoms with Crippen LogP contribution in [0.2, 0.25) is 0 Å². The summed E-state index contributed by atoms with van der Waals surface area (Å²) in [5.74, 6) is 0. The normalized spacial score (nSPS) is 17.8. The first-order valence-electron chi connectivity index (χ1n) is 11.5. The van der Waals surface area contributed by atoms with Gasteiger partial charge >= 0.3 is 0 Å². The average Bonchev–Trinajstić information content (AvgIpc) is 3.60. The molecular weight excluding hydrogens is 525 g/mol. The van der Waals surface area contributed by atoms with Crippen LogP contribution >= 0.6 is 23.6 Å². The minimum Gasteiger partial charge on any atom is -0.351 e. The molecule has 0 saturated carbocycles. The Bertz CT molecular complexity index is 1660. The van der Waals surface area contributed by atoms with E-state index >= 15 is 0 Å². The number of nitrogens with zero attached hydrogens (tertiary/aromatic N) is 4. The van der Waals surface area contributed by atoms with Gasteiger partial charge in [-0.15, -0.1) is 0 Å². The maximum Gasteiger partial charge on any atom is 0.229 e. The smallest absolute Gasteiger partial charge is 0.229 e. The number of sulfonamides is 1. The van der Waals surface area contributed by atoms with E-state index in [1.165, 1.54) is 0 Å². The van der Waals surface area contributed by atoms with Crippen LogP contribution in [0, 0.1) is 0 Å². The lowest BCUT2D eigenvalue weighted by molar-refractivity contribution is 0.549. The number of aromatic nitrogens is 3. The number of nitrogens with one attached hydrogen (secondary N) is 2. The zero-order valence-corrected chi connectivity index (χ0v) is 22.1. The zero-order chi connectivity index (χ0) is 25.6. The summed E-state index contributed by atoms with van der Waals surface area (Å²) in [6, 6.07) is 24.7. The number of benzene rings is 2. The van der Waals surface area contributed by atoms with Gasteiger partial charge in [0.1, 0.15) is 6.04 Å². The van der Waals surface area contributed by atoms with Gasteiger partial charge in [-0.3, -0.25) is 14.3 Å². The second-order valence-electron chi connectivity index (χ2n) is 8.68. The third-order valence-electron chi connectivity index (χ3n) is 6.12. The molecule has 4 heterocycles. The number of hydrogen-bond donors (Lipinski definition) is 2. The number of thiocarbonyl (C=S) groups is 1. The van der Waals surface area contributed by atoms with Gasteiger partial charge < -0.3 is 10.2 Å². The number of anilines is 2. The summed E-state index contributed by atoms with van der Waals surface area (Å²) < 4.78 is 29.1. The van der Waals surface area contributed by atoms with Crippen LogP contribution in [0.1, 0.15) is 23.5 Å². The van der Waals surface area contributed by atoms with Crippen molar-refractivity contribution in [2.45, 2.75) is 12.1 Å². The van der Waals surface area contributed by atoms with Crippen LogP contribution in [0.3, 0.4) is 0 Å². The number of rotatable bonds is 6. The highest BCUT2D eigenvalue weighted by molar-refractivity contribution is 7.92. The van der Waals surface area contributed by atoms with Crippen molar-refractivity contribution in [2.24, 2.45) is 0 Å². The van der Waals surface area contributed by atoms with E-state index in [-0.39, 0.29) is 12.1 Å². The number of fused-ring (bicyclic) bond motifs is 1. The van der Waals surface area contributed by atoms with E-state index in [1.807, 2.05) is 60.8 Å². The van der Waals surface area contributed by atoms with Crippen molar-refractivity contribution in [2.75, 3.05) is 15.9 Å². The summed E-state index contributed by atoms with van der Waals surface area (Å²) in [7, 11) is -3.38. The van der Waals surface area contributed by atoms with E-state index in [4.69, 9.17) is 17.2 Å². The number of pyridine rings is 1. The van der Waals surface area contributed by atoms with Crippen molar-refractivity contribution in [1.29, 1.82) is 0 Å². The Hall–Kier alpha value is -3.80. The van der Waals surface area contributed by atoms with Crippen molar-refractivity contribution in [3.63, 3.8) is 0 Å². The second-order valence-corrected chi connectivity index (χ2v) is 11.8. The molecule has 2 aromatic carbocycles. The third kappa shape index (κ3) is 4.57. The Balaban J connectivity index is 1.46. The molecule has 0 amide bonds. The third-order valence-corrected chi connectivity index (χ3v) is 8.08. The molecule has 2 atom stereocenters. The molecule has 1 aliphatic heterocycles. The van der Waals surface area contributed by atoms with Crippen molar-refractivity contribution in [3.05, 3.63) is 103 Å². The first-order valence-corrected chi connectivity index (χ1v) is 14.6. The van der Waals surface area contributed by atoms with Gasteiger partial charge in [0.15, 0.2) is 10.2 Å². The Kier molecular flexibility index (Phi) is 5.90. The van der Waals surface area contributed by atoms with Crippen LogP contribution in [0.15, 0.2) is 91.3 Å². The molecule has 2 unspecified atom stereocenters. The molecule has 11 heteroatoms. The highest BCUT2D eigenvalue weighted by Crippen LogP contribution is 2.43. The van der Waals surface area contributed by atoms with E-state index in [0.29, 0.717) is 10.8 Å². The molecule has 0 spiro atoms. The molecule has 1 aliphatic rings. The number of para-hydroxylation sites is 1. The van der Waals surface area contributed by atoms with Crippen LogP contribution in [0.25, 0.3) is 15.3 Å². The summed E-state index contributed by atoms with van der Waals surface area (Å²) in [4.78, 5) is 11.6. The summed E-state index contributed by atoms with van der Waals surface area (Å²) in [5.41, 5.74) is 4.14. The van der Waals surface area contributed by atoms with Gasteiger partial charge in [0.05, 0.1) is 33.9 Å². The van der Waals surface area contributed by atoms with Crippen LogP contribution < -0.4 is 14.9 Å². The number of hydrogen-bond acceptors (Lipinski definition) is 6. The molecule has 1 fully saturated rings. The SMILES string of the molecule is CS(=O)(=O)Nc1ccc(N2C(=S)NC(c3ccccn3)C2c2cccn2-c2nc3ccccc3s2)cc1. The molecule has 8 nitrogen and oxygen atoms in total. The summed E-state index contributed by atoms with van der Waals surface area (Å²) in [5, 5.41) is 4.89. The quantitative estimate of drug-likeness (QED) is 0.289. The first-order chi connectivity index (χ1) is 17.9. The molecule has 0 bridgehead atoms. The van der Waals surface area contributed by atoms with Gasteiger partial charge in [0.2, 0.25) is 10.0 Å². The van der Waals surface area contributed by atoms with Gasteiger partial charge in [-0.25, -0.2) is 13.4 Å². The maximum absolute atomic E-state index is 11.7. The monoisotopic (exact) mass is 546 g/mol. The van der Waals surface area contributed by atoms with E-state index in [0.717, 1.165) is 38.7 Å². The minimum atomic E-state index is -3.38. The van der Waals surface area contributed by atoms with Gasteiger partial charge in [-0.1, -0.05) is 29.5 Å². The average molecular weight is 547 g/mol. The number of thiazole rings is 1. The minimum absolute atomic E-state index is 0.217. The topological polar surface area (TPSA) is 92.2 Å². The van der Waals surface area contributed by atoms with Crippen LogP contribution in [0.5, 0.6) is 0 Å². The molecule has 5 aromatic rings. The highest BCUT2D eigenvalue weighted by atomic mass is 32.2. The molecule has 6 rings (SSSR count). The Morgan fingerprint density at radius 3 is 2.51 bits per heavy atom. The predicted molar refractivity (Wildman–Crippen MR) is 152 cm³/mol. The highest BCUT2D eigenvalue weighted by Gasteiger charge is 2.42. The molecule has 2 N–H and O–H groups in total. The second kappa shape index (κ2) is 9.25. The molecule has 37 heavy (non-hydrogen) atoms. The van der Waals surface area contributed by atoms with Crippen molar-refractivity contribution in [3.8, 4) is 5.13 Å². The lowest BCUT2D eigenvalue weighted by Gasteiger charge is -2.28. The molecule has 0 aliphatic carbocycles. The summed E-state index contributed by atoms with van der Waals surface area (Å²) >= 11 is 7.47. The van der Waals surface area contributed by atoms with Crippen LogP contribution in [0.4, 0.5) is 11.4 Å². The molecule has 0 radical (unpaired) electrons. The van der Waals surface area contributed by atoms with Gasteiger partial charge in [-0.05, 0) is 72.9 Å². The maximum atomic E-state index is 11.7. The summed E-state index contributed by atoms with van der Waals surface area (Å²) in [6.07, 6.45) is 4.92. The fourth-order valence-corrected chi connectivity index (χ4v) is 6.49. The first kappa shape index (κ1) is 23.6. The fraction of sp³-hybridized carbons (Fsp3) is 0.115. The Morgan fingerprint density at radius 1 is 1.00 bits per heavy atom. The molecule has 3 aromatic heterocycles. The predicted octanol–water partition coefficient (Wildman–Crippen LogP) is 5.03. The van der Waals surface area contributed by atoms with Crippen LogP contribution in [-0.2, 0) is 10.0 Å². The van der Waals surface area contributed by atoms with Gasteiger partial charge in [-0.2, -0.15) is 0 Å². The van der Waals surface area contributed by atoms with Crippen molar-refractivity contribution < 1.29 is 8.42 Å². The van der Waals surface area contributed by atoms with E-state index in [9.17, 15) is 8.42 Å². The fourth-order valence-electron chi connectivity index (χ4n) is 4.61. The van der Waals surface area contributed by atoms with Gasteiger partial charge in [0.25, 0.3) is 0 Å². The lowest BCUT2D eigenvalue weighted by Crippen LogP contribution is -2.30. The molecule has 1 saturated heterocycles. The summed E-state index contributed by atoms with van der Waals surface area (Å²) in [6.45, 7) is 0. The van der Waals surface area contributed by atoms with E-state index in [2.05, 4.69) is 36.6 Å². The molecular formula is C26H22N6O2S3. The Labute approximate surface area is 223 Å². The lowest BCUT2D eigenvalue weighted by atomic mass is 10.0. The van der Waals surface area contributed by atoms with E-state index < -0.39 is 10.0 Å². The zero-order valence-electron chi connectivity index (χ0n) is 19.6. The Morgan fingerprint density at radius 2 is 1.78 bits per heavy atom. The molecule has 186 valence electrons. The standard InChI is InChI=1S/C26H22N6O2S3/c1-37(33,34)30-17-11-13-18(14-12-17)32-24(23(29-25(32)35)20-8-4-5-15-27-20)21-9-6-16-31(21)26-28-19-7-2-3-10-22(19)36-26/h2-16,23-24,30H,1H3,(H,29,35). The van der Waals surface area contributed by atoms with E-state index in [1.54, 1.807) is 29.7 Å². The van der Waals surface area contributed by atoms with Crippen LogP contribution in [-0.4, -0.2) is 34.3 Å².